The molecule has 0 saturated heterocycles. The third kappa shape index (κ3) is 9.34. The van der Waals surface area contributed by atoms with Crippen LogP contribution in [-0.2, 0) is 0 Å². The summed E-state index contributed by atoms with van der Waals surface area (Å²) < 4.78 is 9.54. The van der Waals surface area contributed by atoms with E-state index in [4.69, 9.17) is 29.9 Å². The molecular formula is C90H56N10. The van der Waals surface area contributed by atoms with Crippen molar-refractivity contribution in [2.75, 3.05) is 0 Å². The van der Waals surface area contributed by atoms with Gasteiger partial charge in [0.15, 0.2) is 34.9 Å². The SMILES string of the molecule is c1ccc(-c2nc(-c3ccccc3)nc(-c3ccc(-n4c5ccccc5c5cc(-n6c7ccccc7c7ccc(-c8cccc(-c9nc(-c%10ccccc%10)nc(-c%10cccc(-n%11c%12ccccc%12c%12cc(-n%13c%14ccccc%14c%14ccccc%14%13)ccc%12%11)c%10)n9)c8)cc76)ccc54)cc3)n2)cc1. The van der Waals surface area contributed by atoms with Gasteiger partial charge in [-0.05, 0) is 126 Å². The van der Waals surface area contributed by atoms with Crippen LogP contribution in [0.1, 0.15) is 0 Å². The summed E-state index contributed by atoms with van der Waals surface area (Å²) in [4.78, 5) is 30.9. The van der Waals surface area contributed by atoms with Gasteiger partial charge in [-0.25, -0.2) is 29.9 Å². The molecule has 0 aliphatic heterocycles. The fourth-order valence-corrected chi connectivity index (χ4v) is 15.1. The number of hydrogen-bond donors (Lipinski definition) is 0. The third-order valence-electron chi connectivity index (χ3n) is 19.6. The zero-order chi connectivity index (χ0) is 65.8. The molecule has 10 nitrogen and oxygen atoms in total. The van der Waals surface area contributed by atoms with Crippen molar-refractivity contribution in [3.05, 3.63) is 340 Å². The molecule has 20 aromatic rings. The van der Waals surface area contributed by atoms with Crippen LogP contribution in [0.3, 0.4) is 0 Å². The Labute approximate surface area is 574 Å². The van der Waals surface area contributed by atoms with E-state index < -0.39 is 0 Å². The Balaban J connectivity index is 0.664. The van der Waals surface area contributed by atoms with Crippen LogP contribution in [0.2, 0.25) is 0 Å². The first-order valence-electron chi connectivity index (χ1n) is 33.7. The normalized spacial score (nSPS) is 11.8. The highest BCUT2D eigenvalue weighted by Gasteiger charge is 2.22. The van der Waals surface area contributed by atoms with Crippen molar-refractivity contribution in [1.29, 1.82) is 0 Å². The summed E-state index contributed by atoms with van der Waals surface area (Å²) in [6.45, 7) is 0. The van der Waals surface area contributed by atoms with Gasteiger partial charge in [-0.1, -0.05) is 224 Å². The zero-order valence-corrected chi connectivity index (χ0v) is 53.8. The second-order valence-electron chi connectivity index (χ2n) is 25.5. The van der Waals surface area contributed by atoms with Crippen molar-refractivity contribution in [2.24, 2.45) is 0 Å². The first-order valence-corrected chi connectivity index (χ1v) is 33.7. The average molecular weight is 1280 g/mol. The Morgan fingerprint density at radius 2 is 0.410 bits per heavy atom. The van der Waals surface area contributed by atoms with Crippen LogP contribution in [0.4, 0.5) is 0 Å². The maximum atomic E-state index is 5.36. The molecule has 0 N–H and O–H groups in total. The van der Waals surface area contributed by atoms with E-state index in [0.717, 1.165) is 111 Å². The van der Waals surface area contributed by atoms with Gasteiger partial charge in [0.1, 0.15) is 0 Å². The van der Waals surface area contributed by atoms with Crippen LogP contribution in [0, 0.1) is 0 Å². The lowest BCUT2D eigenvalue weighted by Crippen LogP contribution is -2.01. The molecule has 0 aliphatic carbocycles. The maximum Gasteiger partial charge on any atom is 0.164 e. The number of benzene rings is 14. The van der Waals surface area contributed by atoms with Gasteiger partial charge in [0.05, 0.1) is 44.1 Å². The Bertz CT molecular complexity index is 6530. The van der Waals surface area contributed by atoms with Crippen LogP contribution in [0.15, 0.2) is 340 Å². The van der Waals surface area contributed by atoms with Crippen molar-refractivity contribution in [3.8, 4) is 102 Å². The largest absolute Gasteiger partial charge is 0.309 e. The molecule has 100 heavy (non-hydrogen) atoms. The topological polar surface area (TPSA) is 97.1 Å². The zero-order valence-electron chi connectivity index (χ0n) is 53.8. The fourth-order valence-electron chi connectivity index (χ4n) is 15.1. The van der Waals surface area contributed by atoms with Crippen molar-refractivity contribution >= 4 is 87.2 Å². The predicted molar refractivity (Wildman–Crippen MR) is 409 cm³/mol. The van der Waals surface area contributed by atoms with E-state index in [0.29, 0.717) is 34.9 Å². The third-order valence-corrected chi connectivity index (χ3v) is 19.6. The minimum absolute atomic E-state index is 0.584. The van der Waals surface area contributed by atoms with Gasteiger partial charge < -0.3 is 18.3 Å². The minimum Gasteiger partial charge on any atom is -0.309 e. The molecule has 0 atom stereocenters. The Morgan fingerprint density at radius 1 is 0.140 bits per heavy atom. The van der Waals surface area contributed by atoms with E-state index in [1.54, 1.807) is 0 Å². The lowest BCUT2D eigenvalue weighted by molar-refractivity contribution is 1.07. The van der Waals surface area contributed by atoms with Gasteiger partial charge >= 0.3 is 0 Å². The second-order valence-corrected chi connectivity index (χ2v) is 25.5. The number of nitrogens with zero attached hydrogens (tertiary/aromatic N) is 10. The predicted octanol–water partition coefficient (Wildman–Crippen LogP) is 22.1. The summed E-state index contributed by atoms with van der Waals surface area (Å²) in [6, 6.07) is 120. The van der Waals surface area contributed by atoms with E-state index in [1.807, 2.05) is 78.9 Å². The molecule has 14 aromatic carbocycles. The van der Waals surface area contributed by atoms with Crippen LogP contribution in [0.25, 0.3) is 189 Å². The lowest BCUT2D eigenvalue weighted by Gasteiger charge is -2.13. The Kier molecular flexibility index (Phi) is 13.0. The molecule has 6 heterocycles. The van der Waals surface area contributed by atoms with E-state index in [1.165, 1.54) is 43.4 Å². The number of para-hydroxylation sites is 5. The van der Waals surface area contributed by atoms with Crippen LogP contribution >= 0.6 is 0 Å². The number of aromatic nitrogens is 10. The first-order chi connectivity index (χ1) is 49.6. The van der Waals surface area contributed by atoms with Crippen LogP contribution < -0.4 is 0 Å². The molecule has 466 valence electrons. The van der Waals surface area contributed by atoms with Crippen molar-refractivity contribution in [2.45, 2.75) is 0 Å². The number of fused-ring (bicyclic) bond motifs is 12. The first kappa shape index (κ1) is 56.6. The monoisotopic (exact) mass is 1280 g/mol. The molecule has 0 radical (unpaired) electrons. The summed E-state index contributed by atoms with van der Waals surface area (Å²) in [6.07, 6.45) is 0. The molecule has 0 saturated carbocycles. The molecule has 0 spiro atoms. The summed E-state index contributed by atoms with van der Waals surface area (Å²) in [5, 5.41) is 9.50. The van der Waals surface area contributed by atoms with Crippen molar-refractivity contribution in [3.63, 3.8) is 0 Å². The number of rotatable bonds is 11. The van der Waals surface area contributed by atoms with Gasteiger partial charge in [0.25, 0.3) is 0 Å². The summed E-state index contributed by atoms with van der Waals surface area (Å²) in [5.41, 5.74) is 20.8. The minimum atomic E-state index is 0.584. The van der Waals surface area contributed by atoms with Crippen molar-refractivity contribution < 1.29 is 0 Å². The summed E-state index contributed by atoms with van der Waals surface area (Å²) >= 11 is 0. The molecular weight excluding hydrogens is 1220 g/mol. The van der Waals surface area contributed by atoms with Gasteiger partial charge in [-0.2, -0.15) is 0 Å². The summed E-state index contributed by atoms with van der Waals surface area (Å²) in [5.74, 6) is 3.64. The van der Waals surface area contributed by atoms with E-state index in [-0.39, 0.29) is 0 Å². The van der Waals surface area contributed by atoms with Gasteiger partial charge in [0.2, 0.25) is 0 Å². The summed E-state index contributed by atoms with van der Waals surface area (Å²) in [7, 11) is 0. The molecule has 20 rings (SSSR count). The van der Waals surface area contributed by atoms with Crippen molar-refractivity contribution in [1.82, 2.24) is 48.2 Å². The Morgan fingerprint density at radius 3 is 0.850 bits per heavy atom. The van der Waals surface area contributed by atoms with Gasteiger partial charge in [0, 0.05) is 99.2 Å². The molecule has 0 amide bonds. The maximum absolute atomic E-state index is 5.36. The van der Waals surface area contributed by atoms with Gasteiger partial charge in [-0.3, -0.25) is 0 Å². The molecule has 10 heteroatoms. The van der Waals surface area contributed by atoms with E-state index in [9.17, 15) is 0 Å². The standard InChI is InChI=1S/C90H56N10/c1-4-22-57(23-5-1)85-91-86(58-24-6-2-7-25-58)93-88(92-85)60-42-45-65(46-43-60)97-80-40-18-13-35-72(80)75-56-68(48-50-82(75)97)100-79-39-17-12-34-71(79)74-49-44-62(54-84(74)100)61-28-20-29-63(52-61)89-94-87(59-26-8-3-9-27-59)95-90(96-89)64-30-21-31-66(53-64)98-81-41-19-14-36-73(81)76-55-67(47-51-83(76)98)99-77-37-15-10-32-69(77)70-33-11-16-38-78(70)99/h1-56H. The highest BCUT2D eigenvalue weighted by atomic mass is 15.1. The average Bonchev–Trinajstić information content (AvgIpc) is 1.58. The molecule has 0 fully saturated rings. The van der Waals surface area contributed by atoms with E-state index >= 15 is 0 Å². The van der Waals surface area contributed by atoms with Crippen LogP contribution in [-0.4, -0.2) is 48.2 Å². The van der Waals surface area contributed by atoms with Gasteiger partial charge in [-0.15, -0.1) is 0 Å². The quantitative estimate of drug-likeness (QED) is 0.128. The molecule has 0 bridgehead atoms. The molecule has 0 aliphatic rings. The molecule has 0 unspecified atom stereocenters. The number of hydrogen-bond acceptors (Lipinski definition) is 6. The molecule has 6 aromatic heterocycles. The van der Waals surface area contributed by atoms with E-state index in [2.05, 4.69) is 279 Å². The Hall–Kier alpha value is -13.7. The van der Waals surface area contributed by atoms with Crippen LogP contribution in [0.5, 0.6) is 0 Å². The second kappa shape index (κ2) is 23.0. The lowest BCUT2D eigenvalue weighted by atomic mass is 10.0. The fraction of sp³-hybridized carbons (Fsp3) is 0. The highest BCUT2D eigenvalue weighted by Crippen LogP contribution is 2.42. The smallest absolute Gasteiger partial charge is 0.164 e. The highest BCUT2D eigenvalue weighted by molar-refractivity contribution is 6.14.